The summed E-state index contributed by atoms with van der Waals surface area (Å²) < 4.78 is 112. The Morgan fingerprint density at radius 3 is 1.76 bits per heavy atom. The van der Waals surface area contributed by atoms with Crippen LogP contribution in [0.3, 0.4) is 0 Å². The topological polar surface area (TPSA) is 29.5 Å². The fourth-order valence-corrected chi connectivity index (χ4v) is 0.928. The van der Waals surface area contributed by atoms with E-state index in [1.165, 1.54) is 0 Å². The lowest BCUT2D eigenvalue weighted by molar-refractivity contribution is -0.494. The second-order valence-electron chi connectivity index (χ2n) is 2.79. The largest absolute Gasteiger partial charge is 0.492 e. The maximum atomic E-state index is 12.5. The number of alkyl halides is 9. The third-order valence-corrected chi connectivity index (χ3v) is 1.59. The van der Waals surface area contributed by atoms with Gasteiger partial charge in [0.25, 0.3) is 0 Å². The molecule has 0 N–H and O–H groups in total. The smallest absolute Gasteiger partial charge is 0.264 e. The molecule has 0 aromatic carbocycles. The average Bonchev–Trinajstić information content (AvgIpc) is 1.95. The zero-order valence-electron chi connectivity index (χ0n) is 7.17. The lowest BCUT2D eigenvalue weighted by Gasteiger charge is -2.42. The molecule has 1 aliphatic heterocycles. The summed E-state index contributed by atoms with van der Waals surface area (Å²) >= 11 is 0. The van der Waals surface area contributed by atoms with Gasteiger partial charge in [-0.15, -0.1) is 13.2 Å². The van der Waals surface area contributed by atoms with Gasteiger partial charge in [0, 0.05) is 0 Å². The molecule has 0 aromatic rings. The van der Waals surface area contributed by atoms with Crippen molar-refractivity contribution in [1.29, 1.82) is 0 Å². The number of rotatable bonds is 0. The number of carbonyl (C=O) groups excluding carboxylic acids is 1. The standard InChI is InChI=1S/C5F9NO2/c6-2(7)1(16)15(5(12,13)14)3(8,9)4(10,11)17-2. The fourth-order valence-electron chi connectivity index (χ4n) is 0.928. The molecule has 1 fully saturated rings. The predicted molar refractivity (Wildman–Crippen MR) is 28.8 cm³/mol. The van der Waals surface area contributed by atoms with Crippen molar-refractivity contribution in [2.45, 2.75) is 24.6 Å². The number of halogens is 9. The maximum absolute atomic E-state index is 12.5. The van der Waals surface area contributed by atoms with Crippen LogP contribution in [0.15, 0.2) is 0 Å². The van der Waals surface area contributed by atoms with E-state index < -0.39 is 35.4 Å². The Morgan fingerprint density at radius 2 is 1.41 bits per heavy atom. The molecule has 100 valence electrons. The van der Waals surface area contributed by atoms with Crippen molar-refractivity contribution >= 4 is 5.91 Å². The lowest BCUT2D eigenvalue weighted by atomic mass is 10.3. The van der Waals surface area contributed by atoms with Crippen LogP contribution in [-0.4, -0.2) is 35.4 Å². The van der Waals surface area contributed by atoms with Gasteiger partial charge in [0.1, 0.15) is 0 Å². The Bertz CT molecular complexity index is 348. The Labute approximate surface area is 85.7 Å². The number of carbonyl (C=O) groups is 1. The van der Waals surface area contributed by atoms with E-state index >= 15 is 0 Å². The first-order chi connectivity index (χ1) is 7.23. The zero-order chi connectivity index (χ0) is 13.9. The monoisotopic (exact) mass is 277 g/mol. The molecule has 1 aliphatic rings. The maximum Gasteiger partial charge on any atom is 0.492 e. The van der Waals surface area contributed by atoms with Crippen LogP contribution in [0.2, 0.25) is 0 Å². The first-order valence-corrected chi connectivity index (χ1v) is 3.48. The van der Waals surface area contributed by atoms with Crippen LogP contribution < -0.4 is 0 Å². The molecular weight excluding hydrogens is 277 g/mol. The molecule has 0 spiro atoms. The third kappa shape index (κ3) is 1.89. The summed E-state index contributed by atoms with van der Waals surface area (Å²) in [7, 11) is 0. The second kappa shape index (κ2) is 3.17. The number of nitrogens with zero attached hydrogens (tertiary/aromatic N) is 1. The normalized spacial score (nSPS) is 27.1. The van der Waals surface area contributed by atoms with Crippen LogP contribution in [0, 0.1) is 0 Å². The number of amides is 1. The molecule has 0 aliphatic carbocycles. The molecule has 0 saturated carbocycles. The summed E-state index contributed by atoms with van der Waals surface area (Å²) in [6.07, 6.45) is -18.3. The van der Waals surface area contributed by atoms with Crippen LogP contribution in [0.1, 0.15) is 0 Å². The van der Waals surface area contributed by atoms with Gasteiger partial charge in [-0.2, -0.15) is 31.2 Å². The third-order valence-electron chi connectivity index (χ3n) is 1.59. The average molecular weight is 277 g/mol. The van der Waals surface area contributed by atoms with Crippen molar-refractivity contribution in [2.75, 3.05) is 0 Å². The van der Waals surface area contributed by atoms with Crippen molar-refractivity contribution in [3.05, 3.63) is 0 Å². The van der Waals surface area contributed by atoms with Crippen molar-refractivity contribution in [3.8, 4) is 0 Å². The number of hydrogen-bond donors (Lipinski definition) is 0. The minimum absolute atomic E-state index is 2.11. The Kier molecular flexibility index (Phi) is 2.59. The van der Waals surface area contributed by atoms with Crippen molar-refractivity contribution < 1.29 is 49.0 Å². The molecule has 1 rings (SSSR count). The van der Waals surface area contributed by atoms with Gasteiger partial charge in [-0.3, -0.25) is 4.79 Å². The van der Waals surface area contributed by atoms with Crippen molar-refractivity contribution in [3.63, 3.8) is 0 Å². The summed E-state index contributed by atoms with van der Waals surface area (Å²) in [6.45, 7) is 0. The van der Waals surface area contributed by atoms with E-state index in [9.17, 15) is 44.3 Å². The van der Waals surface area contributed by atoms with Crippen molar-refractivity contribution in [2.24, 2.45) is 0 Å². The van der Waals surface area contributed by atoms with Crippen molar-refractivity contribution in [1.82, 2.24) is 4.90 Å². The van der Waals surface area contributed by atoms with Crippen LogP contribution in [0.25, 0.3) is 0 Å². The molecule has 1 saturated heterocycles. The van der Waals surface area contributed by atoms with Crippen LogP contribution in [0.5, 0.6) is 0 Å². The minimum atomic E-state index is -6.42. The molecule has 12 heteroatoms. The van der Waals surface area contributed by atoms with Gasteiger partial charge in [-0.1, -0.05) is 0 Å². The minimum Gasteiger partial charge on any atom is -0.264 e. The van der Waals surface area contributed by atoms with Gasteiger partial charge in [0.2, 0.25) is 0 Å². The zero-order valence-corrected chi connectivity index (χ0v) is 7.17. The predicted octanol–water partition coefficient (Wildman–Crippen LogP) is 2.14. The molecule has 0 radical (unpaired) electrons. The molecule has 0 bridgehead atoms. The SMILES string of the molecule is O=C1N(C(F)(F)F)C(F)(F)C(F)(F)OC1(F)F. The molecule has 1 amide bonds. The highest BCUT2D eigenvalue weighted by Crippen LogP contribution is 2.50. The van der Waals surface area contributed by atoms with Crippen LogP contribution >= 0.6 is 0 Å². The Hall–Kier alpha value is -1.20. The fraction of sp³-hybridized carbons (Fsp3) is 0.800. The summed E-state index contributed by atoms with van der Waals surface area (Å²) in [6, 6.07) is -6.27. The summed E-state index contributed by atoms with van der Waals surface area (Å²) in [5, 5.41) is 0. The highest BCUT2D eigenvalue weighted by Gasteiger charge is 2.79. The molecule has 0 unspecified atom stereocenters. The summed E-state index contributed by atoms with van der Waals surface area (Å²) in [5.74, 6) is -3.62. The van der Waals surface area contributed by atoms with Gasteiger partial charge in [0.05, 0.1) is 0 Å². The molecule has 0 aromatic heterocycles. The van der Waals surface area contributed by atoms with Gasteiger partial charge in [0.15, 0.2) is 0 Å². The van der Waals surface area contributed by atoms with E-state index in [2.05, 4.69) is 4.74 Å². The quantitative estimate of drug-likeness (QED) is 0.501. The van der Waals surface area contributed by atoms with E-state index in [1.807, 2.05) is 0 Å². The highest BCUT2D eigenvalue weighted by atomic mass is 19.4. The van der Waals surface area contributed by atoms with Gasteiger partial charge >= 0.3 is 30.5 Å². The molecule has 3 nitrogen and oxygen atoms in total. The molecule has 0 atom stereocenters. The highest BCUT2D eigenvalue weighted by molar-refractivity contribution is 5.83. The first-order valence-electron chi connectivity index (χ1n) is 3.48. The Balaban J connectivity index is 3.37. The Morgan fingerprint density at radius 1 is 1.00 bits per heavy atom. The number of ether oxygens (including phenoxy) is 1. The van der Waals surface area contributed by atoms with E-state index in [0.29, 0.717) is 0 Å². The van der Waals surface area contributed by atoms with E-state index in [0.717, 1.165) is 0 Å². The second-order valence-corrected chi connectivity index (χ2v) is 2.79. The molecular formula is C5F9NO2. The van der Waals surface area contributed by atoms with Gasteiger partial charge in [-0.05, 0) is 0 Å². The first kappa shape index (κ1) is 13.9. The number of hydrogen-bond acceptors (Lipinski definition) is 2. The molecule has 17 heavy (non-hydrogen) atoms. The van der Waals surface area contributed by atoms with E-state index in [-0.39, 0.29) is 0 Å². The van der Waals surface area contributed by atoms with Crippen LogP contribution in [0.4, 0.5) is 39.5 Å². The van der Waals surface area contributed by atoms with E-state index in [1.54, 1.807) is 0 Å². The van der Waals surface area contributed by atoms with Crippen LogP contribution in [-0.2, 0) is 9.53 Å². The molecule has 1 heterocycles. The van der Waals surface area contributed by atoms with E-state index in [4.69, 9.17) is 0 Å². The lowest BCUT2D eigenvalue weighted by Crippen LogP contribution is -2.71. The summed E-state index contributed by atoms with van der Waals surface area (Å²) in [4.78, 5) is 7.46. The number of morpholine rings is 1. The van der Waals surface area contributed by atoms with Gasteiger partial charge in [-0.25, -0.2) is 4.74 Å². The summed E-state index contributed by atoms with van der Waals surface area (Å²) in [5.41, 5.74) is 0. The van der Waals surface area contributed by atoms with Gasteiger partial charge < -0.3 is 0 Å².